The van der Waals surface area contributed by atoms with Crippen LogP contribution in [0.5, 0.6) is 0 Å². The molecule has 1 aliphatic rings. The maximum Gasteiger partial charge on any atom is 0.236 e. The van der Waals surface area contributed by atoms with E-state index in [2.05, 4.69) is 5.32 Å². The van der Waals surface area contributed by atoms with Crippen molar-refractivity contribution in [1.29, 1.82) is 0 Å². The van der Waals surface area contributed by atoms with E-state index in [-0.39, 0.29) is 17.9 Å². The van der Waals surface area contributed by atoms with Gasteiger partial charge in [-0.05, 0) is 49.1 Å². The Morgan fingerprint density at radius 2 is 1.77 bits per heavy atom. The van der Waals surface area contributed by atoms with Gasteiger partial charge in [-0.15, -0.1) is 0 Å². The third kappa shape index (κ3) is 5.85. The number of nitrogens with one attached hydrogen (secondary N) is 1. The van der Waals surface area contributed by atoms with Gasteiger partial charge in [0, 0.05) is 24.4 Å². The number of piperidine rings is 1. The second kappa shape index (κ2) is 9.96. The van der Waals surface area contributed by atoms with Crippen molar-refractivity contribution in [1.82, 2.24) is 9.62 Å². The summed E-state index contributed by atoms with van der Waals surface area (Å²) in [7, 11) is -3.51. The Labute approximate surface area is 187 Å². The molecule has 1 heterocycles. The molecule has 1 unspecified atom stereocenters. The molecule has 0 aromatic heterocycles. The van der Waals surface area contributed by atoms with Crippen LogP contribution in [0.15, 0.2) is 53.9 Å². The van der Waals surface area contributed by atoms with Crippen LogP contribution in [0.2, 0.25) is 10.0 Å². The fraction of sp³-hybridized carbons (Fsp3) is 0.318. The number of halogens is 2. The lowest BCUT2D eigenvalue weighted by Gasteiger charge is -2.30. The summed E-state index contributed by atoms with van der Waals surface area (Å²) in [6, 6.07) is 14.3. The molecule has 1 saturated heterocycles. The number of carbonyl (C=O) groups excluding carboxylic acids is 1. The molecule has 160 valence electrons. The van der Waals surface area contributed by atoms with Gasteiger partial charge in [0.2, 0.25) is 15.9 Å². The first-order valence-corrected chi connectivity index (χ1v) is 12.0. The molecule has 1 N–H and O–H groups in total. The van der Waals surface area contributed by atoms with Crippen molar-refractivity contribution < 1.29 is 13.2 Å². The zero-order valence-electron chi connectivity index (χ0n) is 16.6. The summed E-state index contributed by atoms with van der Waals surface area (Å²) < 4.78 is 26.6. The van der Waals surface area contributed by atoms with Gasteiger partial charge in [0.15, 0.2) is 0 Å². The van der Waals surface area contributed by atoms with Gasteiger partial charge in [-0.1, -0.05) is 59.6 Å². The lowest BCUT2D eigenvalue weighted by Crippen LogP contribution is -2.42. The molecule has 3 rings (SSSR count). The highest BCUT2D eigenvalue weighted by Crippen LogP contribution is 2.26. The van der Waals surface area contributed by atoms with E-state index in [9.17, 15) is 13.2 Å². The smallest absolute Gasteiger partial charge is 0.236 e. The normalized spacial score (nSPS) is 17.2. The monoisotopic (exact) mass is 466 g/mol. The van der Waals surface area contributed by atoms with Gasteiger partial charge in [-0.25, -0.2) is 8.42 Å². The van der Waals surface area contributed by atoms with Crippen molar-refractivity contribution in [3.05, 3.63) is 75.1 Å². The highest BCUT2D eigenvalue weighted by molar-refractivity contribution is 7.92. The molecule has 2 aromatic carbocycles. The van der Waals surface area contributed by atoms with Crippen LogP contribution in [-0.4, -0.2) is 31.7 Å². The van der Waals surface area contributed by atoms with E-state index in [4.69, 9.17) is 23.2 Å². The van der Waals surface area contributed by atoms with Crippen LogP contribution >= 0.6 is 23.2 Å². The Morgan fingerprint density at radius 1 is 1.10 bits per heavy atom. The third-order valence-electron chi connectivity index (χ3n) is 5.22. The Hall–Kier alpha value is -1.86. The standard InChI is InChI=1S/C22H24Cl2N2O3S/c1-16(19-7-8-20(23)21(24)15-19)25-22(27)18-9-12-26(13-10-18)30(28,29)14-11-17-5-3-2-4-6-17/h2-8,11,14-16,18H,9-10,12-13H2,1H3,(H,25,27)/b14-11+. The Bertz CT molecular complexity index is 1020. The fourth-order valence-electron chi connectivity index (χ4n) is 3.38. The first-order valence-electron chi connectivity index (χ1n) is 9.75. The van der Waals surface area contributed by atoms with E-state index in [1.54, 1.807) is 18.2 Å². The van der Waals surface area contributed by atoms with Crippen LogP contribution in [0, 0.1) is 5.92 Å². The minimum Gasteiger partial charge on any atom is -0.349 e. The van der Waals surface area contributed by atoms with E-state index in [1.165, 1.54) is 9.71 Å². The summed E-state index contributed by atoms with van der Waals surface area (Å²) >= 11 is 12.0. The zero-order chi connectivity index (χ0) is 21.7. The number of nitrogens with zero attached hydrogens (tertiary/aromatic N) is 1. The van der Waals surface area contributed by atoms with Crippen molar-refractivity contribution in [2.24, 2.45) is 5.92 Å². The van der Waals surface area contributed by atoms with E-state index in [1.807, 2.05) is 43.3 Å². The number of hydrogen-bond donors (Lipinski definition) is 1. The van der Waals surface area contributed by atoms with Crippen molar-refractivity contribution in [2.45, 2.75) is 25.8 Å². The number of carbonyl (C=O) groups is 1. The van der Waals surface area contributed by atoms with Crippen molar-refractivity contribution in [2.75, 3.05) is 13.1 Å². The molecule has 0 spiro atoms. The molecule has 2 aromatic rings. The van der Waals surface area contributed by atoms with Crippen molar-refractivity contribution in [3.63, 3.8) is 0 Å². The van der Waals surface area contributed by atoms with Gasteiger partial charge in [0.05, 0.1) is 16.1 Å². The molecule has 0 aliphatic carbocycles. The molecule has 1 atom stereocenters. The second-order valence-electron chi connectivity index (χ2n) is 7.34. The van der Waals surface area contributed by atoms with E-state index >= 15 is 0 Å². The minimum absolute atomic E-state index is 0.0783. The van der Waals surface area contributed by atoms with Gasteiger partial charge < -0.3 is 5.32 Å². The van der Waals surface area contributed by atoms with Gasteiger partial charge >= 0.3 is 0 Å². The third-order valence-corrected chi connectivity index (χ3v) is 7.52. The fourth-order valence-corrected chi connectivity index (χ4v) is 4.91. The lowest BCUT2D eigenvalue weighted by atomic mass is 9.96. The van der Waals surface area contributed by atoms with Crippen molar-refractivity contribution >= 4 is 45.2 Å². The van der Waals surface area contributed by atoms with Crippen LogP contribution < -0.4 is 5.32 Å². The Morgan fingerprint density at radius 3 is 2.40 bits per heavy atom. The summed E-state index contributed by atoms with van der Waals surface area (Å²) in [4.78, 5) is 12.6. The number of benzene rings is 2. The molecule has 30 heavy (non-hydrogen) atoms. The first kappa shape index (κ1) is 22.8. The summed E-state index contributed by atoms with van der Waals surface area (Å²) in [5.41, 5.74) is 1.69. The van der Waals surface area contributed by atoms with E-state index in [0.717, 1.165) is 11.1 Å². The number of hydrogen-bond acceptors (Lipinski definition) is 3. The quantitative estimate of drug-likeness (QED) is 0.659. The van der Waals surface area contributed by atoms with Crippen LogP contribution in [0.4, 0.5) is 0 Å². The molecule has 0 radical (unpaired) electrons. The predicted molar refractivity (Wildman–Crippen MR) is 122 cm³/mol. The maximum atomic E-state index is 12.6. The summed E-state index contributed by atoms with van der Waals surface area (Å²) in [6.07, 6.45) is 2.56. The van der Waals surface area contributed by atoms with Crippen LogP contribution in [0.3, 0.4) is 0 Å². The van der Waals surface area contributed by atoms with Gasteiger partial charge in [-0.3, -0.25) is 4.79 Å². The lowest BCUT2D eigenvalue weighted by molar-refractivity contribution is -0.126. The van der Waals surface area contributed by atoms with E-state index in [0.29, 0.717) is 36.0 Å². The maximum absolute atomic E-state index is 12.6. The summed E-state index contributed by atoms with van der Waals surface area (Å²) in [5.74, 6) is -0.301. The molecule has 1 fully saturated rings. The van der Waals surface area contributed by atoms with Gasteiger partial charge in [0.1, 0.15) is 0 Å². The molecule has 0 saturated carbocycles. The Kier molecular flexibility index (Phi) is 7.58. The molecular weight excluding hydrogens is 443 g/mol. The van der Waals surface area contributed by atoms with Crippen LogP contribution in [0.1, 0.15) is 36.9 Å². The topological polar surface area (TPSA) is 66.5 Å². The molecule has 8 heteroatoms. The molecule has 5 nitrogen and oxygen atoms in total. The number of sulfonamides is 1. The molecule has 1 aliphatic heterocycles. The summed E-state index contributed by atoms with van der Waals surface area (Å²) in [5, 5.41) is 5.13. The van der Waals surface area contributed by atoms with Gasteiger partial charge in [-0.2, -0.15) is 4.31 Å². The largest absolute Gasteiger partial charge is 0.349 e. The highest BCUT2D eigenvalue weighted by Gasteiger charge is 2.30. The van der Waals surface area contributed by atoms with Crippen molar-refractivity contribution in [3.8, 4) is 0 Å². The molecular formula is C22H24Cl2N2O3S. The van der Waals surface area contributed by atoms with Crippen LogP contribution in [0.25, 0.3) is 6.08 Å². The van der Waals surface area contributed by atoms with E-state index < -0.39 is 10.0 Å². The first-order chi connectivity index (χ1) is 14.3. The molecule has 0 bridgehead atoms. The van der Waals surface area contributed by atoms with Crippen LogP contribution in [-0.2, 0) is 14.8 Å². The average Bonchev–Trinajstić information content (AvgIpc) is 2.75. The Balaban J connectivity index is 1.54. The molecule has 1 amide bonds. The minimum atomic E-state index is -3.51. The highest BCUT2D eigenvalue weighted by atomic mass is 35.5. The number of rotatable bonds is 6. The second-order valence-corrected chi connectivity index (χ2v) is 9.97. The zero-order valence-corrected chi connectivity index (χ0v) is 18.9. The number of amides is 1. The van der Waals surface area contributed by atoms with Gasteiger partial charge in [0.25, 0.3) is 0 Å². The average molecular weight is 467 g/mol. The SMILES string of the molecule is CC(NC(=O)C1CCN(S(=O)(=O)/C=C/c2ccccc2)CC1)c1ccc(Cl)c(Cl)c1. The summed E-state index contributed by atoms with van der Waals surface area (Å²) in [6.45, 7) is 2.52. The predicted octanol–water partition coefficient (Wildman–Crippen LogP) is 4.88.